The minimum absolute atomic E-state index is 0.679. The average molecular weight is 252 g/mol. The van der Waals surface area contributed by atoms with Crippen molar-refractivity contribution in [1.29, 1.82) is 0 Å². The Morgan fingerprint density at radius 1 is 1.11 bits per heavy atom. The molecule has 2 aromatic carbocycles. The predicted octanol–water partition coefficient (Wildman–Crippen LogP) is 3.60. The van der Waals surface area contributed by atoms with Crippen LogP contribution in [0.3, 0.4) is 0 Å². The van der Waals surface area contributed by atoms with Gasteiger partial charge in [-0.2, -0.15) is 0 Å². The van der Waals surface area contributed by atoms with Gasteiger partial charge < -0.3 is 9.73 Å². The van der Waals surface area contributed by atoms with Crippen molar-refractivity contribution >= 4 is 10.8 Å². The van der Waals surface area contributed by atoms with Crippen LogP contribution in [0.15, 0.2) is 53.1 Å². The highest BCUT2D eigenvalue weighted by molar-refractivity contribution is 5.86. The van der Waals surface area contributed by atoms with Gasteiger partial charge in [-0.05, 0) is 29.4 Å². The van der Waals surface area contributed by atoms with Gasteiger partial charge in [0.2, 0.25) is 5.89 Å². The van der Waals surface area contributed by atoms with E-state index in [1.54, 1.807) is 6.26 Å². The van der Waals surface area contributed by atoms with Crippen molar-refractivity contribution in [2.45, 2.75) is 13.5 Å². The fourth-order valence-corrected chi connectivity index (χ4v) is 2.10. The summed E-state index contributed by atoms with van der Waals surface area (Å²) in [7, 11) is 0. The number of fused-ring (bicyclic) bond motifs is 1. The third-order valence-corrected chi connectivity index (χ3v) is 3.10. The highest BCUT2D eigenvalue weighted by Gasteiger charge is 2.06. The Kier molecular flexibility index (Phi) is 3.29. The van der Waals surface area contributed by atoms with Gasteiger partial charge in [-0.3, -0.25) is 0 Å². The number of nitrogens with one attached hydrogen (secondary N) is 1. The van der Waals surface area contributed by atoms with Crippen molar-refractivity contribution in [3.63, 3.8) is 0 Å². The molecule has 0 saturated heterocycles. The number of aromatic nitrogens is 1. The Morgan fingerprint density at radius 3 is 2.79 bits per heavy atom. The fraction of sp³-hybridized carbons (Fsp3) is 0.188. The van der Waals surface area contributed by atoms with E-state index in [9.17, 15) is 0 Å². The number of hydrogen-bond acceptors (Lipinski definition) is 3. The van der Waals surface area contributed by atoms with Crippen molar-refractivity contribution < 1.29 is 4.42 Å². The van der Waals surface area contributed by atoms with E-state index in [0.29, 0.717) is 5.89 Å². The molecule has 0 saturated carbocycles. The summed E-state index contributed by atoms with van der Waals surface area (Å²) >= 11 is 0. The normalized spacial score (nSPS) is 11.0. The van der Waals surface area contributed by atoms with Crippen molar-refractivity contribution in [2.75, 3.05) is 6.54 Å². The van der Waals surface area contributed by atoms with E-state index in [-0.39, 0.29) is 0 Å². The number of hydrogen-bond donors (Lipinski definition) is 1. The summed E-state index contributed by atoms with van der Waals surface area (Å²) in [6.07, 6.45) is 1.72. The topological polar surface area (TPSA) is 38.1 Å². The molecular weight excluding hydrogens is 236 g/mol. The average Bonchev–Trinajstić information content (AvgIpc) is 2.93. The van der Waals surface area contributed by atoms with Gasteiger partial charge in [0.25, 0.3) is 0 Å². The highest BCUT2D eigenvalue weighted by Crippen LogP contribution is 2.23. The molecule has 1 heterocycles. The maximum atomic E-state index is 5.55. The van der Waals surface area contributed by atoms with Crippen LogP contribution in [0.25, 0.3) is 22.2 Å². The molecule has 3 heteroatoms. The van der Waals surface area contributed by atoms with E-state index in [4.69, 9.17) is 4.42 Å². The molecule has 0 atom stereocenters. The molecule has 3 nitrogen and oxygen atoms in total. The van der Waals surface area contributed by atoms with Crippen molar-refractivity contribution in [3.8, 4) is 11.5 Å². The monoisotopic (exact) mass is 252 g/mol. The third-order valence-electron chi connectivity index (χ3n) is 3.10. The van der Waals surface area contributed by atoms with E-state index in [1.165, 1.54) is 10.8 Å². The lowest BCUT2D eigenvalue weighted by atomic mass is 10.1. The largest absolute Gasteiger partial charge is 0.444 e. The molecule has 0 aliphatic rings. The van der Waals surface area contributed by atoms with Crippen LogP contribution in [0.2, 0.25) is 0 Å². The summed E-state index contributed by atoms with van der Waals surface area (Å²) in [5.74, 6) is 0.679. The molecule has 19 heavy (non-hydrogen) atoms. The summed E-state index contributed by atoms with van der Waals surface area (Å²) in [4.78, 5) is 4.50. The zero-order valence-electron chi connectivity index (χ0n) is 10.9. The Bertz CT molecular complexity index is 688. The molecule has 0 fully saturated rings. The van der Waals surface area contributed by atoms with Crippen LogP contribution in [-0.4, -0.2) is 11.5 Å². The zero-order valence-corrected chi connectivity index (χ0v) is 10.9. The lowest BCUT2D eigenvalue weighted by Gasteiger charge is -1.99. The maximum Gasteiger partial charge on any atom is 0.226 e. The van der Waals surface area contributed by atoms with E-state index in [2.05, 4.69) is 41.5 Å². The summed E-state index contributed by atoms with van der Waals surface area (Å²) in [6.45, 7) is 3.75. The molecular formula is C16H16N2O. The molecule has 3 rings (SSSR count). The van der Waals surface area contributed by atoms with Gasteiger partial charge in [0.1, 0.15) is 6.26 Å². The maximum absolute atomic E-state index is 5.55. The molecule has 1 N–H and O–H groups in total. The minimum atomic E-state index is 0.679. The fourth-order valence-electron chi connectivity index (χ4n) is 2.10. The van der Waals surface area contributed by atoms with Gasteiger partial charge in [-0.1, -0.05) is 37.3 Å². The molecule has 0 spiro atoms. The molecule has 0 radical (unpaired) electrons. The quantitative estimate of drug-likeness (QED) is 0.771. The Labute approximate surface area is 112 Å². The van der Waals surface area contributed by atoms with Gasteiger partial charge in [-0.15, -0.1) is 0 Å². The highest BCUT2D eigenvalue weighted by atomic mass is 16.3. The van der Waals surface area contributed by atoms with Crippen molar-refractivity contribution in [3.05, 3.63) is 54.4 Å². The first-order valence-corrected chi connectivity index (χ1v) is 6.51. The van der Waals surface area contributed by atoms with Crippen LogP contribution in [0.5, 0.6) is 0 Å². The van der Waals surface area contributed by atoms with Crippen LogP contribution >= 0.6 is 0 Å². The van der Waals surface area contributed by atoms with Crippen LogP contribution in [0, 0.1) is 0 Å². The number of rotatable bonds is 4. The first-order valence-electron chi connectivity index (χ1n) is 6.51. The Balaban J connectivity index is 1.92. The van der Waals surface area contributed by atoms with Crippen LogP contribution in [0.4, 0.5) is 0 Å². The first kappa shape index (κ1) is 11.9. The van der Waals surface area contributed by atoms with Gasteiger partial charge >= 0.3 is 0 Å². The summed E-state index contributed by atoms with van der Waals surface area (Å²) in [5.41, 5.74) is 1.95. The second kappa shape index (κ2) is 5.24. The molecule has 96 valence electrons. The SMILES string of the molecule is CCNCc1coc(-c2ccc3ccccc3c2)n1. The van der Waals surface area contributed by atoms with Crippen molar-refractivity contribution in [1.82, 2.24) is 10.3 Å². The number of nitrogens with zero attached hydrogens (tertiary/aromatic N) is 1. The van der Waals surface area contributed by atoms with E-state index in [1.807, 2.05) is 18.2 Å². The summed E-state index contributed by atoms with van der Waals surface area (Å²) in [6, 6.07) is 14.5. The lowest BCUT2D eigenvalue weighted by molar-refractivity contribution is 0.571. The zero-order chi connectivity index (χ0) is 13.1. The second-order valence-electron chi connectivity index (χ2n) is 4.49. The summed E-state index contributed by atoms with van der Waals surface area (Å²) < 4.78 is 5.55. The van der Waals surface area contributed by atoms with Gasteiger partial charge in [0.15, 0.2) is 0 Å². The van der Waals surface area contributed by atoms with Crippen molar-refractivity contribution in [2.24, 2.45) is 0 Å². The number of benzene rings is 2. The lowest BCUT2D eigenvalue weighted by Crippen LogP contribution is -2.11. The van der Waals surface area contributed by atoms with Gasteiger partial charge in [0.05, 0.1) is 5.69 Å². The molecule has 0 aliphatic heterocycles. The second-order valence-corrected chi connectivity index (χ2v) is 4.49. The smallest absolute Gasteiger partial charge is 0.226 e. The van der Waals surface area contributed by atoms with Crippen LogP contribution in [0.1, 0.15) is 12.6 Å². The van der Waals surface area contributed by atoms with E-state index in [0.717, 1.165) is 24.3 Å². The number of oxazole rings is 1. The van der Waals surface area contributed by atoms with E-state index < -0.39 is 0 Å². The molecule has 0 amide bonds. The summed E-state index contributed by atoms with van der Waals surface area (Å²) in [5, 5.41) is 5.66. The first-order chi connectivity index (χ1) is 9.36. The molecule has 0 aliphatic carbocycles. The van der Waals surface area contributed by atoms with Gasteiger partial charge in [-0.25, -0.2) is 4.98 Å². The van der Waals surface area contributed by atoms with Crippen LogP contribution in [-0.2, 0) is 6.54 Å². The molecule has 0 bridgehead atoms. The third kappa shape index (κ3) is 2.51. The molecule has 0 unspecified atom stereocenters. The van der Waals surface area contributed by atoms with E-state index >= 15 is 0 Å². The molecule has 1 aromatic heterocycles. The van der Waals surface area contributed by atoms with Crippen LogP contribution < -0.4 is 5.32 Å². The Morgan fingerprint density at radius 2 is 1.95 bits per heavy atom. The minimum Gasteiger partial charge on any atom is -0.444 e. The molecule has 3 aromatic rings. The Hall–Kier alpha value is -2.13. The standard InChI is InChI=1S/C16H16N2O/c1-2-17-10-15-11-19-16(18-15)14-8-7-12-5-3-4-6-13(12)9-14/h3-9,11,17H,2,10H2,1H3. The van der Waals surface area contributed by atoms with Gasteiger partial charge in [0, 0.05) is 12.1 Å². The predicted molar refractivity (Wildman–Crippen MR) is 76.8 cm³/mol.